The van der Waals surface area contributed by atoms with E-state index in [0.29, 0.717) is 6.04 Å². The van der Waals surface area contributed by atoms with E-state index in [1.165, 1.54) is 25.0 Å². The molecule has 1 saturated carbocycles. The van der Waals surface area contributed by atoms with Crippen molar-refractivity contribution in [1.82, 2.24) is 10.3 Å². The number of ether oxygens (including phenoxy) is 1. The van der Waals surface area contributed by atoms with Gasteiger partial charge in [-0.1, -0.05) is 13.3 Å². The van der Waals surface area contributed by atoms with Gasteiger partial charge in [0.05, 0.1) is 12.8 Å². The Bertz CT molecular complexity index is 411. The van der Waals surface area contributed by atoms with Gasteiger partial charge in [0, 0.05) is 35.7 Å². The van der Waals surface area contributed by atoms with Gasteiger partial charge in [0.1, 0.15) is 5.75 Å². The van der Waals surface area contributed by atoms with E-state index in [1.807, 2.05) is 19.1 Å². The predicted octanol–water partition coefficient (Wildman–Crippen LogP) is 3.16. The molecule has 0 saturated heterocycles. The minimum atomic E-state index is 0.637. The minimum absolute atomic E-state index is 0.637. The van der Waals surface area contributed by atoms with E-state index in [0.717, 1.165) is 28.9 Å². The third-order valence-corrected chi connectivity index (χ3v) is 4.92. The topological polar surface area (TPSA) is 34.1 Å². The third kappa shape index (κ3) is 4.11. The van der Waals surface area contributed by atoms with Crippen LogP contribution in [0.25, 0.3) is 0 Å². The van der Waals surface area contributed by atoms with Crippen LogP contribution in [0, 0.1) is 6.92 Å². The molecule has 1 aromatic rings. The second-order valence-corrected chi connectivity index (χ2v) is 6.57. The number of aromatic nitrogens is 1. The van der Waals surface area contributed by atoms with Gasteiger partial charge in [0.2, 0.25) is 0 Å². The highest BCUT2D eigenvalue weighted by atomic mass is 32.2. The molecule has 1 heterocycles. The van der Waals surface area contributed by atoms with Gasteiger partial charge in [-0.3, -0.25) is 4.98 Å². The van der Waals surface area contributed by atoms with Crippen LogP contribution >= 0.6 is 11.8 Å². The van der Waals surface area contributed by atoms with Crippen LogP contribution in [-0.2, 0) is 6.54 Å². The van der Waals surface area contributed by atoms with Crippen LogP contribution in [0.2, 0.25) is 0 Å². The van der Waals surface area contributed by atoms with Crippen molar-refractivity contribution in [2.24, 2.45) is 0 Å². The molecule has 1 aromatic heterocycles. The van der Waals surface area contributed by atoms with Crippen molar-refractivity contribution in [3.63, 3.8) is 0 Å². The summed E-state index contributed by atoms with van der Waals surface area (Å²) in [5.74, 6) is 2.11. The molecule has 0 bridgehead atoms. The van der Waals surface area contributed by atoms with E-state index in [4.69, 9.17) is 4.74 Å². The highest BCUT2D eigenvalue weighted by Gasteiger charge is 2.26. The second kappa shape index (κ2) is 7.15. The Hall–Kier alpha value is -0.740. The first-order valence-corrected chi connectivity index (χ1v) is 8.14. The minimum Gasteiger partial charge on any atom is -0.497 e. The van der Waals surface area contributed by atoms with E-state index in [-0.39, 0.29) is 0 Å². The molecule has 1 fully saturated rings. The molecule has 1 N–H and O–H groups in total. The summed E-state index contributed by atoms with van der Waals surface area (Å²) in [6.07, 6.45) is 3.99. The monoisotopic (exact) mass is 280 g/mol. The number of nitrogens with zero attached hydrogens (tertiary/aromatic N) is 1. The Labute approximate surface area is 120 Å². The summed E-state index contributed by atoms with van der Waals surface area (Å²) in [6.45, 7) is 5.09. The second-order valence-electron chi connectivity index (χ2n) is 5.05. The molecule has 3 nitrogen and oxygen atoms in total. The normalized spacial score (nSPS) is 22.7. The van der Waals surface area contributed by atoms with Crippen molar-refractivity contribution in [2.75, 3.05) is 12.9 Å². The molecule has 4 heteroatoms. The predicted molar refractivity (Wildman–Crippen MR) is 81.9 cm³/mol. The van der Waals surface area contributed by atoms with Crippen LogP contribution in [0.4, 0.5) is 0 Å². The number of hydrogen-bond donors (Lipinski definition) is 1. The molecule has 0 spiro atoms. The van der Waals surface area contributed by atoms with E-state index in [2.05, 4.69) is 29.0 Å². The number of thioether (sulfide) groups is 1. The van der Waals surface area contributed by atoms with Gasteiger partial charge < -0.3 is 10.1 Å². The Balaban J connectivity index is 1.92. The maximum absolute atomic E-state index is 5.30. The highest BCUT2D eigenvalue weighted by Crippen LogP contribution is 2.30. The number of methoxy groups -OCH3 is 1. The summed E-state index contributed by atoms with van der Waals surface area (Å²) in [5.41, 5.74) is 2.09. The number of hydrogen-bond acceptors (Lipinski definition) is 4. The lowest BCUT2D eigenvalue weighted by atomic mass is 10.2. The van der Waals surface area contributed by atoms with Crippen molar-refractivity contribution in [2.45, 2.75) is 50.9 Å². The highest BCUT2D eigenvalue weighted by molar-refractivity contribution is 7.99. The Morgan fingerprint density at radius 1 is 1.42 bits per heavy atom. The Kier molecular flexibility index (Phi) is 5.52. The average Bonchev–Trinajstić information content (AvgIpc) is 2.83. The molecule has 0 aromatic carbocycles. The first-order valence-electron chi connectivity index (χ1n) is 7.09. The fraction of sp³-hybridized carbons (Fsp3) is 0.667. The SMILES string of the molecule is CCSC1CCCC1NCc1cc(OC)cc(C)n1. The zero-order valence-electron chi connectivity index (χ0n) is 12.1. The molecule has 2 atom stereocenters. The van der Waals surface area contributed by atoms with Gasteiger partial charge in [-0.2, -0.15) is 11.8 Å². The van der Waals surface area contributed by atoms with Crippen LogP contribution in [0.5, 0.6) is 5.75 Å². The summed E-state index contributed by atoms with van der Waals surface area (Å²) in [6, 6.07) is 4.63. The maximum atomic E-state index is 5.30. The van der Waals surface area contributed by atoms with Crippen molar-refractivity contribution < 1.29 is 4.74 Å². The molecule has 19 heavy (non-hydrogen) atoms. The number of rotatable bonds is 6. The summed E-state index contributed by atoms with van der Waals surface area (Å²) in [4.78, 5) is 4.56. The Morgan fingerprint density at radius 3 is 3.00 bits per heavy atom. The fourth-order valence-corrected chi connectivity index (χ4v) is 3.95. The van der Waals surface area contributed by atoms with Crippen LogP contribution in [-0.4, -0.2) is 29.1 Å². The van der Waals surface area contributed by atoms with E-state index >= 15 is 0 Å². The smallest absolute Gasteiger partial charge is 0.122 e. The summed E-state index contributed by atoms with van der Waals surface area (Å²) in [5, 5.41) is 4.45. The largest absolute Gasteiger partial charge is 0.497 e. The van der Waals surface area contributed by atoms with Crippen LogP contribution in [0.15, 0.2) is 12.1 Å². The molecular formula is C15H24N2OS. The van der Waals surface area contributed by atoms with Gasteiger partial charge in [-0.15, -0.1) is 0 Å². The molecule has 2 unspecified atom stereocenters. The van der Waals surface area contributed by atoms with E-state index in [9.17, 15) is 0 Å². The molecule has 1 aliphatic rings. The third-order valence-electron chi connectivity index (χ3n) is 3.59. The van der Waals surface area contributed by atoms with Crippen molar-refractivity contribution in [3.05, 3.63) is 23.5 Å². The van der Waals surface area contributed by atoms with Gasteiger partial charge in [-0.25, -0.2) is 0 Å². The molecule has 1 aliphatic carbocycles. The quantitative estimate of drug-likeness (QED) is 0.868. The molecule has 106 valence electrons. The molecule has 2 rings (SSSR count). The summed E-state index contributed by atoms with van der Waals surface area (Å²) >= 11 is 2.09. The first-order chi connectivity index (χ1) is 9.22. The van der Waals surface area contributed by atoms with Crippen molar-refractivity contribution in [3.8, 4) is 5.75 Å². The molecular weight excluding hydrogens is 256 g/mol. The van der Waals surface area contributed by atoms with Crippen molar-refractivity contribution >= 4 is 11.8 Å². The first kappa shape index (κ1) is 14.7. The van der Waals surface area contributed by atoms with Gasteiger partial charge in [0.25, 0.3) is 0 Å². The molecule has 0 amide bonds. The summed E-state index contributed by atoms with van der Waals surface area (Å²) < 4.78 is 5.30. The maximum Gasteiger partial charge on any atom is 0.122 e. The standard InChI is InChI=1S/C15H24N2OS/c1-4-19-15-7-5-6-14(15)16-10-12-9-13(18-3)8-11(2)17-12/h8-9,14-16H,4-7,10H2,1-3H3. The lowest BCUT2D eigenvalue weighted by Crippen LogP contribution is -2.34. The number of nitrogens with one attached hydrogen (secondary N) is 1. The lowest BCUT2D eigenvalue weighted by molar-refractivity contribution is 0.412. The zero-order valence-corrected chi connectivity index (χ0v) is 12.9. The Morgan fingerprint density at radius 2 is 2.26 bits per heavy atom. The van der Waals surface area contributed by atoms with E-state index in [1.54, 1.807) is 7.11 Å². The summed E-state index contributed by atoms with van der Waals surface area (Å²) in [7, 11) is 1.71. The zero-order chi connectivity index (χ0) is 13.7. The molecule has 0 aliphatic heterocycles. The van der Waals surface area contributed by atoms with Gasteiger partial charge in [0.15, 0.2) is 0 Å². The van der Waals surface area contributed by atoms with Crippen molar-refractivity contribution in [1.29, 1.82) is 0 Å². The average molecular weight is 280 g/mol. The van der Waals surface area contributed by atoms with Gasteiger partial charge >= 0.3 is 0 Å². The fourth-order valence-electron chi connectivity index (χ4n) is 2.72. The number of pyridine rings is 1. The van der Waals surface area contributed by atoms with Crippen LogP contribution in [0.1, 0.15) is 37.6 Å². The number of aryl methyl sites for hydroxylation is 1. The molecule has 0 radical (unpaired) electrons. The lowest BCUT2D eigenvalue weighted by Gasteiger charge is -2.20. The van der Waals surface area contributed by atoms with Gasteiger partial charge in [-0.05, 0) is 25.5 Å². The van der Waals surface area contributed by atoms with E-state index < -0.39 is 0 Å². The van der Waals surface area contributed by atoms with Crippen LogP contribution in [0.3, 0.4) is 0 Å². The van der Waals surface area contributed by atoms with Crippen LogP contribution < -0.4 is 10.1 Å².